The van der Waals surface area contributed by atoms with Gasteiger partial charge in [-0.2, -0.15) is 0 Å². The van der Waals surface area contributed by atoms with Gasteiger partial charge >= 0.3 is 0 Å². The van der Waals surface area contributed by atoms with Crippen molar-refractivity contribution in [2.24, 2.45) is 0 Å². The van der Waals surface area contributed by atoms with Gasteiger partial charge < -0.3 is 10.1 Å². The first-order valence-electron chi connectivity index (χ1n) is 9.50. The zero-order valence-electron chi connectivity index (χ0n) is 18.4. The summed E-state index contributed by atoms with van der Waals surface area (Å²) in [7, 11) is -5.70. The molecule has 2 atom stereocenters. The maximum atomic E-state index is 12.9. The van der Waals surface area contributed by atoms with E-state index in [1.807, 2.05) is 6.92 Å². The van der Waals surface area contributed by atoms with Crippen LogP contribution in [-0.2, 0) is 24.7 Å². The normalized spacial score (nSPS) is 13.9. The van der Waals surface area contributed by atoms with Crippen LogP contribution in [0.15, 0.2) is 47.4 Å². The lowest BCUT2D eigenvalue weighted by Gasteiger charge is -2.30. The van der Waals surface area contributed by atoms with Crippen molar-refractivity contribution in [1.29, 1.82) is 0 Å². The van der Waals surface area contributed by atoms with Crippen molar-refractivity contribution in [2.75, 3.05) is 23.9 Å². The van der Waals surface area contributed by atoms with Gasteiger partial charge in [-0.25, -0.2) is 16.8 Å². The van der Waals surface area contributed by atoms with Gasteiger partial charge in [0, 0.05) is 6.26 Å². The fourth-order valence-electron chi connectivity index (χ4n) is 3.17. The summed E-state index contributed by atoms with van der Waals surface area (Å²) in [4.78, 5) is 13.1. The molecular weight excluding hydrogens is 440 g/mol. The monoisotopic (exact) mass is 468 g/mol. The summed E-state index contributed by atoms with van der Waals surface area (Å²) in [5.41, 5.74) is 1.78. The lowest BCUT2D eigenvalue weighted by Crippen LogP contribution is -2.48. The van der Waals surface area contributed by atoms with Crippen molar-refractivity contribution in [1.82, 2.24) is 5.32 Å². The van der Waals surface area contributed by atoms with Crippen molar-refractivity contribution in [3.05, 3.63) is 53.6 Å². The van der Waals surface area contributed by atoms with E-state index in [1.165, 1.54) is 26.2 Å². The summed E-state index contributed by atoms with van der Waals surface area (Å²) in [6, 6.07) is 9.74. The van der Waals surface area contributed by atoms with Crippen LogP contribution in [0.3, 0.4) is 0 Å². The first-order valence-corrected chi connectivity index (χ1v) is 13.2. The molecule has 2 rings (SSSR count). The number of hydrogen-bond donors (Lipinski definition) is 1. The average molecular weight is 469 g/mol. The molecule has 0 radical (unpaired) electrons. The van der Waals surface area contributed by atoms with Gasteiger partial charge in [0.1, 0.15) is 11.8 Å². The van der Waals surface area contributed by atoms with Gasteiger partial charge in [0.2, 0.25) is 15.9 Å². The molecule has 0 aliphatic heterocycles. The molecule has 170 valence electrons. The van der Waals surface area contributed by atoms with Gasteiger partial charge in [0.15, 0.2) is 9.84 Å². The molecular formula is C21H28N2O6S2. The van der Waals surface area contributed by atoms with Crippen LogP contribution in [0.2, 0.25) is 0 Å². The highest BCUT2D eigenvalue weighted by molar-refractivity contribution is 7.92. The Labute approximate surface area is 184 Å². The molecule has 0 fully saturated rings. The molecule has 0 bridgehead atoms. The minimum absolute atomic E-state index is 0.179. The van der Waals surface area contributed by atoms with E-state index in [-0.39, 0.29) is 10.6 Å². The van der Waals surface area contributed by atoms with E-state index in [4.69, 9.17) is 4.74 Å². The molecule has 1 N–H and O–H groups in total. The third-order valence-corrected chi connectivity index (χ3v) is 7.18. The van der Waals surface area contributed by atoms with Crippen molar-refractivity contribution >= 4 is 31.5 Å². The highest BCUT2D eigenvalue weighted by Gasteiger charge is 2.32. The summed E-state index contributed by atoms with van der Waals surface area (Å²) in [5, 5.41) is 2.79. The van der Waals surface area contributed by atoms with Crippen molar-refractivity contribution < 1.29 is 26.4 Å². The number of carbonyl (C=O) groups is 1. The van der Waals surface area contributed by atoms with Gasteiger partial charge in [0.05, 0.1) is 30.0 Å². The lowest BCUT2D eigenvalue weighted by molar-refractivity contribution is -0.122. The number of methoxy groups -OCH3 is 1. The molecule has 0 aliphatic carbocycles. The number of carbonyl (C=O) groups excluding carboxylic acids is 1. The molecule has 0 heterocycles. The fraction of sp³-hybridized carbons (Fsp3) is 0.381. The van der Waals surface area contributed by atoms with Crippen molar-refractivity contribution in [2.45, 2.75) is 37.8 Å². The standard InChI is InChI=1S/C21H28N2O6S2/c1-14-7-12-20(29-4)19(13-14)23(31(6,27)28)16(3)21(24)22-15(2)17-8-10-18(11-9-17)30(5,25)26/h7-13,15-16H,1-6H3,(H,22,24)/t15-,16+/m0/s1. The minimum Gasteiger partial charge on any atom is -0.495 e. The Morgan fingerprint density at radius 1 is 1.00 bits per heavy atom. The zero-order valence-corrected chi connectivity index (χ0v) is 20.0. The number of nitrogens with zero attached hydrogens (tertiary/aromatic N) is 1. The van der Waals surface area contributed by atoms with E-state index in [0.717, 1.165) is 22.4 Å². The SMILES string of the molecule is COc1ccc(C)cc1N([C@H](C)C(=O)N[C@@H](C)c1ccc(S(C)(=O)=O)cc1)S(C)(=O)=O. The topological polar surface area (TPSA) is 110 Å². The highest BCUT2D eigenvalue weighted by atomic mass is 32.2. The molecule has 0 aliphatic rings. The summed E-state index contributed by atoms with van der Waals surface area (Å²) in [6.45, 7) is 5.05. The van der Waals surface area contributed by atoms with E-state index < -0.39 is 37.9 Å². The number of aryl methyl sites for hydroxylation is 1. The zero-order chi connectivity index (χ0) is 23.6. The smallest absolute Gasteiger partial charge is 0.244 e. The van der Waals surface area contributed by atoms with Gasteiger partial charge in [-0.15, -0.1) is 0 Å². The molecule has 0 aromatic heterocycles. The Kier molecular flexibility index (Phi) is 7.38. The van der Waals surface area contributed by atoms with Crippen molar-refractivity contribution in [3.63, 3.8) is 0 Å². The summed E-state index contributed by atoms with van der Waals surface area (Å²) >= 11 is 0. The van der Waals surface area contributed by atoms with Crippen LogP contribution >= 0.6 is 0 Å². The number of anilines is 1. The number of nitrogens with one attached hydrogen (secondary N) is 1. The second-order valence-corrected chi connectivity index (χ2v) is 11.4. The Morgan fingerprint density at radius 2 is 1.58 bits per heavy atom. The fourth-order valence-corrected chi connectivity index (χ4v) is 4.97. The average Bonchev–Trinajstić information content (AvgIpc) is 2.66. The van der Waals surface area contributed by atoms with Crippen LogP contribution in [0.25, 0.3) is 0 Å². The Morgan fingerprint density at radius 3 is 2.06 bits per heavy atom. The highest BCUT2D eigenvalue weighted by Crippen LogP contribution is 2.32. The number of ether oxygens (including phenoxy) is 1. The molecule has 0 saturated heterocycles. The van der Waals surface area contributed by atoms with E-state index in [0.29, 0.717) is 11.3 Å². The molecule has 0 spiro atoms. The summed E-state index contributed by atoms with van der Waals surface area (Å²) in [5.74, 6) is -0.172. The molecule has 0 saturated carbocycles. The first kappa shape index (κ1) is 24.7. The van der Waals surface area contributed by atoms with Crippen LogP contribution < -0.4 is 14.4 Å². The number of rotatable bonds is 8. The van der Waals surface area contributed by atoms with Gasteiger partial charge in [-0.05, 0) is 56.2 Å². The van der Waals surface area contributed by atoms with Gasteiger partial charge in [-0.3, -0.25) is 9.10 Å². The minimum atomic E-state index is -3.81. The Bertz CT molecular complexity index is 1160. The van der Waals surface area contributed by atoms with Crippen LogP contribution in [-0.4, -0.2) is 48.4 Å². The van der Waals surface area contributed by atoms with E-state index in [2.05, 4.69) is 5.32 Å². The van der Waals surface area contributed by atoms with E-state index in [9.17, 15) is 21.6 Å². The van der Waals surface area contributed by atoms with Crippen LogP contribution in [0.4, 0.5) is 5.69 Å². The lowest BCUT2D eigenvalue weighted by atomic mass is 10.1. The first-order chi connectivity index (χ1) is 14.3. The van der Waals surface area contributed by atoms with Crippen LogP contribution in [0.5, 0.6) is 5.75 Å². The Hall–Kier alpha value is -2.59. The quantitative estimate of drug-likeness (QED) is 0.637. The number of benzene rings is 2. The maximum Gasteiger partial charge on any atom is 0.244 e. The van der Waals surface area contributed by atoms with E-state index >= 15 is 0 Å². The predicted octanol–water partition coefficient (Wildman–Crippen LogP) is 2.44. The summed E-state index contributed by atoms with van der Waals surface area (Å²) in [6.07, 6.45) is 2.15. The van der Waals surface area contributed by atoms with Crippen LogP contribution in [0.1, 0.15) is 31.0 Å². The third kappa shape index (κ3) is 5.98. The largest absolute Gasteiger partial charge is 0.495 e. The summed E-state index contributed by atoms with van der Waals surface area (Å²) < 4.78 is 54.7. The molecule has 2 aromatic rings. The number of sulfonamides is 1. The number of amides is 1. The molecule has 10 heteroatoms. The molecule has 31 heavy (non-hydrogen) atoms. The third-order valence-electron chi connectivity index (χ3n) is 4.83. The number of hydrogen-bond acceptors (Lipinski definition) is 6. The molecule has 1 amide bonds. The second kappa shape index (κ2) is 9.27. The van der Waals surface area contributed by atoms with Gasteiger partial charge in [-0.1, -0.05) is 18.2 Å². The number of sulfone groups is 1. The second-order valence-electron chi connectivity index (χ2n) is 7.48. The van der Waals surface area contributed by atoms with Crippen molar-refractivity contribution in [3.8, 4) is 5.75 Å². The Balaban J connectivity index is 2.31. The van der Waals surface area contributed by atoms with E-state index in [1.54, 1.807) is 37.3 Å². The van der Waals surface area contributed by atoms with Crippen LogP contribution in [0, 0.1) is 6.92 Å². The molecule has 2 aromatic carbocycles. The predicted molar refractivity (Wildman–Crippen MR) is 121 cm³/mol. The molecule has 0 unspecified atom stereocenters. The van der Waals surface area contributed by atoms with Gasteiger partial charge in [0.25, 0.3) is 0 Å². The maximum absolute atomic E-state index is 12.9. The molecule has 8 nitrogen and oxygen atoms in total.